The van der Waals surface area contributed by atoms with E-state index in [1.807, 2.05) is 91.0 Å². The number of carbonyl (C=O) groups is 1. The lowest BCUT2D eigenvalue weighted by atomic mass is 10.4. The lowest BCUT2D eigenvalue weighted by Gasteiger charge is -2.30. The molecule has 3 rings (SSSR count). The Hall–Kier alpha value is -2.48. The zero-order valence-electron chi connectivity index (χ0n) is 13.1. The van der Waals surface area contributed by atoms with Gasteiger partial charge in [0.15, 0.2) is 0 Å². The smallest absolute Gasteiger partial charge is 0.361 e. The second kappa shape index (κ2) is 6.96. The summed E-state index contributed by atoms with van der Waals surface area (Å²) in [5.74, 6) is -2.00. The average molecular weight is 336 g/mol. The lowest BCUT2D eigenvalue weighted by molar-refractivity contribution is -0.136. The van der Waals surface area contributed by atoms with Crippen molar-refractivity contribution in [2.45, 2.75) is 5.78 Å². The van der Waals surface area contributed by atoms with E-state index in [-0.39, 0.29) is 0 Å². The van der Waals surface area contributed by atoms with Crippen LogP contribution in [0.15, 0.2) is 91.0 Å². The highest BCUT2D eigenvalue weighted by Crippen LogP contribution is 2.57. The molecular weight excluding hydrogens is 317 g/mol. The van der Waals surface area contributed by atoms with E-state index in [2.05, 4.69) is 0 Å². The zero-order valence-corrected chi connectivity index (χ0v) is 14.0. The molecule has 0 aliphatic heterocycles. The van der Waals surface area contributed by atoms with E-state index in [4.69, 9.17) is 5.73 Å². The SMILES string of the molecule is NC(C(=O)O)[P+](c1ccccc1)(c1ccccc1)c1ccccc1. The molecule has 0 aliphatic carbocycles. The third kappa shape index (κ3) is 2.73. The first-order valence-corrected chi connectivity index (χ1v) is 9.57. The molecular formula is C20H19NO2P+. The number of nitrogens with two attached hydrogens (primary N) is 1. The molecule has 0 bridgehead atoms. The molecule has 3 aromatic carbocycles. The number of hydrogen-bond donors (Lipinski definition) is 2. The number of carboxylic acids is 1. The lowest BCUT2D eigenvalue weighted by Crippen LogP contribution is -2.47. The summed E-state index contributed by atoms with van der Waals surface area (Å²) in [6, 6.07) is 29.3. The van der Waals surface area contributed by atoms with Crippen LogP contribution >= 0.6 is 7.26 Å². The van der Waals surface area contributed by atoms with Gasteiger partial charge in [0.2, 0.25) is 5.78 Å². The van der Waals surface area contributed by atoms with E-state index < -0.39 is 19.0 Å². The van der Waals surface area contributed by atoms with Crippen molar-refractivity contribution in [3.8, 4) is 0 Å². The van der Waals surface area contributed by atoms with Crippen molar-refractivity contribution in [3.63, 3.8) is 0 Å². The standard InChI is InChI=1S/C20H18NO2P/c21-19(20(22)23)24(16-10-4-1-5-11-16,17-12-6-2-7-13-17)18-14-8-3-9-15-18/h1-15,19H,21H2/p+1. The van der Waals surface area contributed by atoms with Crippen molar-refractivity contribution in [1.29, 1.82) is 0 Å². The molecule has 3 aromatic rings. The van der Waals surface area contributed by atoms with Crippen LogP contribution in [0.5, 0.6) is 0 Å². The summed E-state index contributed by atoms with van der Waals surface area (Å²) in [7, 11) is -2.52. The maximum atomic E-state index is 12.0. The molecule has 3 nitrogen and oxygen atoms in total. The maximum absolute atomic E-state index is 12.0. The van der Waals surface area contributed by atoms with Crippen molar-refractivity contribution in [2.24, 2.45) is 5.73 Å². The topological polar surface area (TPSA) is 63.3 Å². The van der Waals surface area contributed by atoms with Gasteiger partial charge in [-0.1, -0.05) is 54.6 Å². The van der Waals surface area contributed by atoms with Gasteiger partial charge in [0.05, 0.1) is 0 Å². The fraction of sp³-hybridized carbons (Fsp3) is 0.0500. The van der Waals surface area contributed by atoms with Crippen molar-refractivity contribution in [1.82, 2.24) is 0 Å². The van der Waals surface area contributed by atoms with Gasteiger partial charge in [0.1, 0.15) is 23.2 Å². The molecule has 0 amide bonds. The Morgan fingerprint density at radius 1 is 0.708 bits per heavy atom. The Bertz CT molecular complexity index is 710. The molecule has 120 valence electrons. The van der Waals surface area contributed by atoms with Crippen molar-refractivity contribution in [3.05, 3.63) is 91.0 Å². The fourth-order valence-electron chi connectivity index (χ4n) is 3.08. The summed E-state index contributed by atoms with van der Waals surface area (Å²) in [5, 5.41) is 12.7. The minimum Gasteiger partial charge on any atom is -0.477 e. The summed E-state index contributed by atoms with van der Waals surface area (Å²) in [6.45, 7) is 0. The molecule has 0 saturated carbocycles. The molecule has 4 heteroatoms. The molecule has 0 aromatic heterocycles. The van der Waals surface area contributed by atoms with E-state index >= 15 is 0 Å². The Balaban J connectivity index is 2.39. The van der Waals surface area contributed by atoms with E-state index in [1.165, 1.54) is 0 Å². The Labute approximate surface area is 142 Å². The zero-order chi connectivity index (χ0) is 17.0. The van der Waals surface area contributed by atoms with Gasteiger partial charge < -0.3 is 5.11 Å². The number of hydrogen-bond acceptors (Lipinski definition) is 2. The minimum atomic E-state index is -2.52. The van der Waals surface area contributed by atoms with Crippen molar-refractivity contribution < 1.29 is 9.90 Å². The predicted octanol–water partition coefficient (Wildman–Crippen LogP) is 2.35. The third-order valence-corrected chi connectivity index (χ3v) is 8.55. The molecule has 0 aliphatic rings. The van der Waals surface area contributed by atoms with Gasteiger partial charge in [0.25, 0.3) is 0 Å². The highest BCUT2D eigenvalue weighted by Gasteiger charge is 2.54. The van der Waals surface area contributed by atoms with Crippen LogP contribution in [0.2, 0.25) is 0 Å². The molecule has 0 heterocycles. The summed E-state index contributed by atoms with van der Waals surface area (Å²) >= 11 is 0. The van der Waals surface area contributed by atoms with E-state index in [9.17, 15) is 9.90 Å². The maximum Gasteiger partial charge on any atom is 0.361 e. The van der Waals surface area contributed by atoms with Gasteiger partial charge in [-0.2, -0.15) is 0 Å². The van der Waals surface area contributed by atoms with Gasteiger partial charge in [-0.05, 0) is 36.4 Å². The highest BCUT2D eigenvalue weighted by atomic mass is 31.2. The number of benzene rings is 3. The van der Waals surface area contributed by atoms with Gasteiger partial charge in [-0.15, -0.1) is 0 Å². The van der Waals surface area contributed by atoms with Gasteiger partial charge in [-0.3, -0.25) is 5.73 Å². The second-order valence-corrected chi connectivity index (χ2v) is 9.06. The first-order valence-electron chi connectivity index (χ1n) is 7.71. The van der Waals surface area contributed by atoms with Crippen LogP contribution in [0, 0.1) is 0 Å². The Morgan fingerprint density at radius 3 is 1.25 bits per heavy atom. The molecule has 0 spiro atoms. The monoisotopic (exact) mass is 336 g/mol. The van der Waals surface area contributed by atoms with Crippen LogP contribution < -0.4 is 21.6 Å². The number of carboxylic acid groups (broad SMARTS) is 1. The van der Waals surface area contributed by atoms with Gasteiger partial charge in [-0.25, -0.2) is 4.79 Å². The Morgan fingerprint density at radius 2 is 1.00 bits per heavy atom. The van der Waals surface area contributed by atoms with Crippen LogP contribution in [0.3, 0.4) is 0 Å². The molecule has 3 N–H and O–H groups in total. The highest BCUT2D eigenvalue weighted by molar-refractivity contribution is 7.96. The second-order valence-electron chi connectivity index (χ2n) is 5.51. The first-order chi connectivity index (χ1) is 11.7. The molecule has 0 saturated heterocycles. The largest absolute Gasteiger partial charge is 0.477 e. The van der Waals surface area contributed by atoms with Crippen molar-refractivity contribution in [2.75, 3.05) is 0 Å². The van der Waals surface area contributed by atoms with E-state index in [0.717, 1.165) is 15.9 Å². The summed E-state index contributed by atoms with van der Waals surface area (Å²) < 4.78 is 0. The summed E-state index contributed by atoms with van der Waals surface area (Å²) in [6.07, 6.45) is 0. The van der Waals surface area contributed by atoms with Crippen LogP contribution in [-0.2, 0) is 4.79 Å². The number of rotatable bonds is 5. The van der Waals surface area contributed by atoms with E-state index in [1.54, 1.807) is 0 Å². The number of aliphatic carboxylic acids is 1. The van der Waals surface area contributed by atoms with Crippen LogP contribution in [0.4, 0.5) is 0 Å². The quantitative estimate of drug-likeness (QED) is 0.703. The van der Waals surface area contributed by atoms with Gasteiger partial charge >= 0.3 is 5.97 Å². The van der Waals surface area contributed by atoms with Crippen LogP contribution in [0.25, 0.3) is 0 Å². The van der Waals surface area contributed by atoms with Crippen LogP contribution in [0.1, 0.15) is 0 Å². The van der Waals surface area contributed by atoms with Gasteiger partial charge in [0, 0.05) is 0 Å². The predicted molar refractivity (Wildman–Crippen MR) is 101 cm³/mol. The minimum absolute atomic E-state index is 0.970. The molecule has 1 atom stereocenters. The Kier molecular flexibility index (Phi) is 4.75. The molecule has 0 fully saturated rings. The average Bonchev–Trinajstić information content (AvgIpc) is 2.65. The fourth-order valence-corrected chi connectivity index (χ4v) is 7.20. The molecule has 1 unspecified atom stereocenters. The van der Waals surface area contributed by atoms with Crippen molar-refractivity contribution >= 4 is 29.1 Å². The molecule has 24 heavy (non-hydrogen) atoms. The first kappa shape index (κ1) is 16.4. The summed E-state index contributed by atoms with van der Waals surface area (Å²) in [4.78, 5) is 12.0. The van der Waals surface area contributed by atoms with E-state index in [0.29, 0.717) is 0 Å². The molecule has 0 radical (unpaired) electrons. The third-order valence-electron chi connectivity index (χ3n) is 4.16. The normalized spacial score (nSPS) is 12.5. The summed E-state index contributed by atoms with van der Waals surface area (Å²) in [5.41, 5.74) is 6.34. The van der Waals surface area contributed by atoms with Crippen LogP contribution in [-0.4, -0.2) is 16.9 Å².